The molecule has 1 aliphatic heterocycles. The molecule has 0 unspecified atom stereocenters. The van der Waals surface area contributed by atoms with Crippen LogP contribution >= 0.6 is 23.6 Å². The van der Waals surface area contributed by atoms with Gasteiger partial charge >= 0.3 is 0 Å². The number of aromatic nitrogens is 1. The standard InChI is InChI=1S/C16H18N2OS2/c1-12-4-6-13(7-5-12)14-11-21-16(20)18(14)10-15(19)17-8-2-3-9-17/h4-7,11H,2-3,8-10H2,1H3. The topological polar surface area (TPSA) is 25.2 Å². The van der Waals surface area contributed by atoms with E-state index in [0.29, 0.717) is 6.54 Å². The number of rotatable bonds is 3. The summed E-state index contributed by atoms with van der Waals surface area (Å²) < 4.78 is 2.73. The van der Waals surface area contributed by atoms with Crippen molar-refractivity contribution in [3.8, 4) is 11.3 Å². The van der Waals surface area contributed by atoms with E-state index in [9.17, 15) is 4.79 Å². The second-order valence-corrected chi connectivity index (χ2v) is 6.93. The second kappa shape index (κ2) is 6.12. The van der Waals surface area contributed by atoms with Gasteiger partial charge in [-0.05, 0) is 37.5 Å². The highest BCUT2D eigenvalue weighted by Gasteiger charge is 2.19. The summed E-state index contributed by atoms with van der Waals surface area (Å²) in [7, 11) is 0. The summed E-state index contributed by atoms with van der Waals surface area (Å²) in [6, 6.07) is 8.34. The molecule has 1 saturated heterocycles. The third kappa shape index (κ3) is 3.09. The fraction of sp³-hybridized carbons (Fsp3) is 0.375. The largest absolute Gasteiger partial charge is 0.341 e. The molecule has 1 aromatic heterocycles. The third-order valence-corrected chi connectivity index (χ3v) is 5.15. The predicted octanol–water partition coefficient (Wildman–Crippen LogP) is 3.88. The Balaban J connectivity index is 1.88. The molecule has 3 nitrogen and oxygen atoms in total. The molecule has 5 heteroatoms. The van der Waals surface area contributed by atoms with Crippen molar-refractivity contribution in [1.82, 2.24) is 9.47 Å². The first-order chi connectivity index (χ1) is 10.1. The summed E-state index contributed by atoms with van der Waals surface area (Å²) >= 11 is 6.92. The Bertz CT molecular complexity index is 694. The summed E-state index contributed by atoms with van der Waals surface area (Å²) in [5.74, 6) is 0.176. The van der Waals surface area contributed by atoms with Gasteiger partial charge in [0.05, 0.1) is 5.69 Å². The number of thiazole rings is 1. The first-order valence-corrected chi connectivity index (χ1v) is 8.47. The van der Waals surface area contributed by atoms with Crippen LogP contribution in [0.4, 0.5) is 0 Å². The minimum Gasteiger partial charge on any atom is -0.341 e. The van der Waals surface area contributed by atoms with Crippen molar-refractivity contribution in [2.75, 3.05) is 13.1 Å². The predicted molar refractivity (Wildman–Crippen MR) is 89.1 cm³/mol. The van der Waals surface area contributed by atoms with Gasteiger partial charge in [0.25, 0.3) is 0 Å². The van der Waals surface area contributed by atoms with Crippen molar-refractivity contribution in [2.45, 2.75) is 26.3 Å². The average molecular weight is 318 g/mol. The van der Waals surface area contributed by atoms with Crippen LogP contribution in [0.25, 0.3) is 11.3 Å². The van der Waals surface area contributed by atoms with Crippen LogP contribution in [0.5, 0.6) is 0 Å². The maximum atomic E-state index is 12.4. The van der Waals surface area contributed by atoms with Crippen molar-refractivity contribution in [3.63, 3.8) is 0 Å². The maximum Gasteiger partial charge on any atom is 0.242 e. The van der Waals surface area contributed by atoms with Crippen LogP contribution in [-0.4, -0.2) is 28.5 Å². The maximum absolute atomic E-state index is 12.4. The quantitative estimate of drug-likeness (QED) is 0.803. The molecular formula is C16H18N2OS2. The highest BCUT2D eigenvalue weighted by Crippen LogP contribution is 2.25. The van der Waals surface area contributed by atoms with Crippen LogP contribution in [0.3, 0.4) is 0 Å². The van der Waals surface area contributed by atoms with E-state index in [1.54, 1.807) is 0 Å². The van der Waals surface area contributed by atoms with Crippen LogP contribution in [0.2, 0.25) is 0 Å². The fourth-order valence-electron chi connectivity index (χ4n) is 2.63. The van der Waals surface area contributed by atoms with E-state index >= 15 is 0 Å². The molecular weight excluding hydrogens is 300 g/mol. The molecule has 0 saturated carbocycles. The van der Waals surface area contributed by atoms with Gasteiger partial charge in [0.1, 0.15) is 6.54 Å². The van der Waals surface area contributed by atoms with E-state index in [2.05, 4.69) is 31.2 Å². The summed E-state index contributed by atoms with van der Waals surface area (Å²) in [5.41, 5.74) is 3.38. The van der Waals surface area contributed by atoms with Crippen molar-refractivity contribution < 1.29 is 4.79 Å². The monoisotopic (exact) mass is 318 g/mol. The van der Waals surface area contributed by atoms with E-state index in [4.69, 9.17) is 12.2 Å². The van der Waals surface area contributed by atoms with Gasteiger partial charge in [-0.15, -0.1) is 11.3 Å². The Morgan fingerprint density at radius 1 is 1.24 bits per heavy atom. The molecule has 1 aliphatic rings. The molecule has 1 amide bonds. The van der Waals surface area contributed by atoms with Gasteiger partial charge in [-0.2, -0.15) is 0 Å². The Morgan fingerprint density at radius 2 is 1.90 bits per heavy atom. The SMILES string of the molecule is Cc1ccc(-c2csc(=S)n2CC(=O)N2CCCC2)cc1. The zero-order chi connectivity index (χ0) is 14.8. The molecule has 0 spiro atoms. The van der Waals surface area contributed by atoms with Gasteiger partial charge in [0.15, 0.2) is 3.95 Å². The summed E-state index contributed by atoms with van der Waals surface area (Å²) in [6.07, 6.45) is 2.23. The number of benzene rings is 1. The van der Waals surface area contributed by atoms with E-state index in [-0.39, 0.29) is 5.91 Å². The molecule has 3 rings (SSSR count). The Kier molecular flexibility index (Phi) is 4.22. The molecule has 0 N–H and O–H groups in total. The minimum atomic E-state index is 0.176. The molecule has 0 bridgehead atoms. The lowest BCUT2D eigenvalue weighted by Gasteiger charge is -2.16. The lowest BCUT2D eigenvalue weighted by atomic mass is 10.1. The number of amides is 1. The molecule has 1 fully saturated rings. The second-order valence-electron chi connectivity index (χ2n) is 5.43. The Labute approximate surface area is 133 Å². The molecule has 1 aromatic carbocycles. The smallest absolute Gasteiger partial charge is 0.242 e. The van der Waals surface area contributed by atoms with Crippen LogP contribution in [0.15, 0.2) is 29.6 Å². The number of carbonyl (C=O) groups excluding carboxylic acids is 1. The van der Waals surface area contributed by atoms with Gasteiger partial charge in [0.2, 0.25) is 5.91 Å². The molecule has 0 radical (unpaired) electrons. The summed E-state index contributed by atoms with van der Waals surface area (Å²) in [6.45, 7) is 4.19. The van der Waals surface area contributed by atoms with Gasteiger partial charge in [0, 0.05) is 18.5 Å². The fourth-order valence-corrected chi connectivity index (χ4v) is 3.70. The van der Waals surface area contributed by atoms with Crippen molar-refractivity contribution in [3.05, 3.63) is 39.2 Å². The lowest BCUT2D eigenvalue weighted by molar-refractivity contribution is -0.130. The van der Waals surface area contributed by atoms with Crippen LogP contribution in [-0.2, 0) is 11.3 Å². The van der Waals surface area contributed by atoms with Crippen LogP contribution in [0, 0.1) is 10.9 Å². The number of aryl methyl sites for hydroxylation is 1. The summed E-state index contributed by atoms with van der Waals surface area (Å²) in [4.78, 5) is 14.3. The molecule has 110 valence electrons. The number of hydrogen-bond acceptors (Lipinski definition) is 3. The number of nitrogens with zero attached hydrogens (tertiary/aromatic N) is 2. The Hall–Kier alpha value is -1.46. The van der Waals surface area contributed by atoms with Gasteiger partial charge in [-0.25, -0.2) is 0 Å². The molecule has 2 heterocycles. The van der Waals surface area contributed by atoms with Crippen molar-refractivity contribution >= 4 is 29.5 Å². The number of carbonyl (C=O) groups is 1. The highest BCUT2D eigenvalue weighted by molar-refractivity contribution is 7.73. The normalized spacial score (nSPS) is 14.6. The molecule has 2 aromatic rings. The highest BCUT2D eigenvalue weighted by atomic mass is 32.1. The molecule has 0 aliphatic carbocycles. The van der Waals surface area contributed by atoms with Gasteiger partial charge in [-0.1, -0.05) is 29.8 Å². The minimum absolute atomic E-state index is 0.176. The molecule has 0 atom stereocenters. The average Bonchev–Trinajstić information content (AvgIpc) is 3.11. The summed E-state index contributed by atoms with van der Waals surface area (Å²) in [5, 5.41) is 2.05. The zero-order valence-corrected chi connectivity index (χ0v) is 13.7. The van der Waals surface area contributed by atoms with Crippen molar-refractivity contribution in [1.29, 1.82) is 0 Å². The Morgan fingerprint density at radius 3 is 2.57 bits per heavy atom. The van der Waals surface area contributed by atoms with E-state index in [1.807, 2.05) is 14.8 Å². The van der Waals surface area contributed by atoms with Crippen molar-refractivity contribution in [2.24, 2.45) is 0 Å². The van der Waals surface area contributed by atoms with Gasteiger partial charge < -0.3 is 9.47 Å². The number of likely N-dealkylation sites (tertiary alicyclic amines) is 1. The van der Waals surface area contributed by atoms with Crippen LogP contribution in [0.1, 0.15) is 18.4 Å². The van der Waals surface area contributed by atoms with Crippen LogP contribution < -0.4 is 0 Å². The lowest BCUT2D eigenvalue weighted by Crippen LogP contribution is -2.31. The van der Waals surface area contributed by atoms with E-state index in [1.165, 1.54) is 16.9 Å². The third-order valence-electron chi connectivity index (χ3n) is 3.88. The molecule has 21 heavy (non-hydrogen) atoms. The van der Waals surface area contributed by atoms with Gasteiger partial charge in [-0.3, -0.25) is 4.79 Å². The van der Waals surface area contributed by atoms with E-state index < -0.39 is 0 Å². The number of hydrogen-bond donors (Lipinski definition) is 0. The zero-order valence-electron chi connectivity index (χ0n) is 12.0. The van der Waals surface area contributed by atoms with E-state index in [0.717, 1.165) is 41.1 Å². The first-order valence-electron chi connectivity index (χ1n) is 7.18. The first kappa shape index (κ1) is 14.5.